The van der Waals surface area contributed by atoms with Gasteiger partial charge in [0.15, 0.2) is 0 Å². The molecule has 0 aliphatic carbocycles. The number of halogens is 1. The zero-order chi connectivity index (χ0) is 14.5. The second-order valence-corrected chi connectivity index (χ2v) is 4.78. The number of rotatable bonds is 5. The SMILES string of the molecule is Cc1ccccc1CCNc1cc([N+](=O)[O-])cc(Cl)n1. The fraction of sp³-hybridized carbons (Fsp3) is 0.214. The maximum Gasteiger partial charge on any atom is 0.276 e. The first kappa shape index (κ1) is 14.3. The van der Waals surface area contributed by atoms with Crippen molar-refractivity contribution in [2.24, 2.45) is 0 Å². The molecule has 0 spiro atoms. The van der Waals surface area contributed by atoms with Crippen LogP contribution in [0.4, 0.5) is 11.5 Å². The van der Waals surface area contributed by atoms with Gasteiger partial charge >= 0.3 is 0 Å². The van der Waals surface area contributed by atoms with Crippen molar-refractivity contribution in [1.82, 2.24) is 4.98 Å². The molecule has 0 radical (unpaired) electrons. The van der Waals surface area contributed by atoms with Crippen LogP contribution >= 0.6 is 11.6 Å². The summed E-state index contributed by atoms with van der Waals surface area (Å²) in [6.45, 7) is 2.69. The van der Waals surface area contributed by atoms with Crippen LogP contribution in [0.25, 0.3) is 0 Å². The van der Waals surface area contributed by atoms with Crippen molar-refractivity contribution < 1.29 is 4.92 Å². The van der Waals surface area contributed by atoms with Gasteiger partial charge in [0.25, 0.3) is 5.69 Å². The standard InChI is InChI=1S/C14H14ClN3O2/c1-10-4-2-3-5-11(10)6-7-16-14-9-12(18(19)20)8-13(15)17-14/h2-5,8-9H,6-7H2,1H3,(H,16,17). The van der Waals surface area contributed by atoms with Crippen molar-refractivity contribution in [3.63, 3.8) is 0 Å². The Labute approximate surface area is 121 Å². The Morgan fingerprint density at radius 2 is 2.10 bits per heavy atom. The number of hydrogen-bond donors (Lipinski definition) is 1. The highest BCUT2D eigenvalue weighted by atomic mass is 35.5. The highest BCUT2D eigenvalue weighted by Crippen LogP contribution is 2.20. The molecule has 0 aliphatic rings. The number of nitro groups is 1. The quantitative estimate of drug-likeness (QED) is 0.519. The molecule has 0 bridgehead atoms. The summed E-state index contributed by atoms with van der Waals surface area (Å²) >= 11 is 5.76. The van der Waals surface area contributed by atoms with Gasteiger partial charge in [-0.25, -0.2) is 4.98 Å². The first-order valence-electron chi connectivity index (χ1n) is 6.16. The zero-order valence-electron chi connectivity index (χ0n) is 11.0. The molecule has 0 saturated heterocycles. The maximum absolute atomic E-state index is 10.7. The zero-order valence-corrected chi connectivity index (χ0v) is 11.7. The number of nitrogens with one attached hydrogen (secondary N) is 1. The van der Waals surface area contributed by atoms with Gasteiger partial charge in [-0.05, 0) is 24.5 Å². The minimum Gasteiger partial charge on any atom is -0.369 e. The summed E-state index contributed by atoms with van der Waals surface area (Å²) in [6, 6.07) is 10.7. The van der Waals surface area contributed by atoms with Gasteiger partial charge in [-0.2, -0.15) is 0 Å². The molecule has 0 amide bonds. The molecule has 6 heteroatoms. The number of pyridine rings is 1. The van der Waals surface area contributed by atoms with Crippen LogP contribution in [0.15, 0.2) is 36.4 Å². The van der Waals surface area contributed by atoms with Crippen LogP contribution in [0.5, 0.6) is 0 Å². The summed E-state index contributed by atoms with van der Waals surface area (Å²) in [6.07, 6.45) is 0.814. The van der Waals surface area contributed by atoms with E-state index in [1.807, 2.05) is 12.1 Å². The number of benzene rings is 1. The lowest BCUT2D eigenvalue weighted by atomic mass is 10.1. The monoisotopic (exact) mass is 291 g/mol. The number of nitrogens with zero attached hydrogens (tertiary/aromatic N) is 2. The predicted octanol–water partition coefficient (Wildman–Crippen LogP) is 3.61. The molecule has 20 heavy (non-hydrogen) atoms. The summed E-state index contributed by atoms with van der Waals surface area (Å²) in [4.78, 5) is 14.3. The Bertz CT molecular complexity index is 632. The summed E-state index contributed by atoms with van der Waals surface area (Å²) in [5.74, 6) is 0.415. The molecule has 104 valence electrons. The molecule has 0 saturated carbocycles. The van der Waals surface area contributed by atoms with Gasteiger partial charge < -0.3 is 5.32 Å². The van der Waals surface area contributed by atoms with Gasteiger partial charge in [0.1, 0.15) is 11.0 Å². The smallest absolute Gasteiger partial charge is 0.276 e. The fourth-order valence-corrected chi connectivity index (χ4v) is 2.10. The van der Waals surface area contributed by atoms with E-state index in [-0.39, 0.29) is 10.8 Å². The Morgan fingerprint density at radius 3 is 2.80 bits per heavy atom. The highest BCUT2D eigenvalue weighted by molar-refractivity contribution is 6.29. The molecule has 0 aliphatic heterocycles. The van der Waals surface area contributed by atoms with Gasteiger partial charge in [0.2, 0.25) is 0 Å². The van der Waals surface area contributed by atoms with E-state index in [1.54, 1.807) is 0 Å². The fourth-order valence-electron chi connectivity index (χ4n) is 1.90. The topological polar surface area (TPSA) is 68.1 Å². The van der Waals surface area contributed by atoms with Crippen LogP contribution in [0, 0.1) is 17.0 Å². The molecule has 2 rings (SSSR count). The molecule has 2 aromatic rings. The van der Waals surface area contributed by atoms with Gasteiger partial charge in [-0.15, -0.1) is 0 Å². The largest absolute Gasteiger partial charge is 0.369 e. The number of anilines is 1. The lowest BCUT2D eigenvalue weighted by Gasteiger charge is -2.08. The van der Waals surface area contributed by atoms with Crippen LogP contribution in [0.1, 0.15) is 11.1 Å². The number of aromatic nitrogens is 1. The van der Waals surface area contributed by atoms with Crippen molar-refractivity contribution in [3.8, 4) is 0 Å². The number of hydrogen-bond acceptors (Lipinski definition) is 4. The average molecular weight is 292 g/mol. The summed E-state index contributed by atoms with van der Waals surface area (Å²) in [5.41, 5.74) is 2.39. The van der Waals surface area contributed by atoms with E-state index >= 15 is 0 Å². The highest BCUT2D eigenvalue weighted by Gasteiger charge is 2.09. The molecule has 1 heterocycles. The van der Waals surface area contributed by atoms with Crippen LogP contribution in [-0.2, 0) is 6.42 Å². The lowest BCUT2D eigenvalue weighted by molar-refractivity contribution is -0.384. The minimum absolute atomic E-state index is 0.0663. The molecule has 1 aromatic carbocycles. The number of aryl methyl sites for hydroxylation is 1. The first-order valence-corrected chi connectivity index (χ1v) is 6.54. The Kier molecular flexibility index (Phi) is 4.53. The van der Waals surface area contributed by atoms with Gasteiger partial charge in [0.05, 0.1) is 17.1 Å². The molecular weight excluding hydrogens is 278 g/mol. The second kappa shape index (κ2) is 6.34. The molecule has 5 nitrogen and oxygen atoms in total. The van der Waals surface area contributed by atoms with Crippen molar-refractivity contribution in [2.45, 2.75) is 13.3 Å². The van der Waals surface area contributed by atoms with Crippen LogP contribution in [0.2, 0.25) is 5.15 Å². The summed E-state index contributed by atoms with van der Waals surface area (Å²) < 4.78 is 0. The van der Waals surface area contributed by atoms with Gasteiger partial charge in [-0.3, -0.25) is 10.1 Å². The molecule has 0 unspecified atom stereocenters. The Morgan fingerprint density at radius 1 is 1.35 bits per heavy atom. The van der Waals surface area contributed by atoms with Crippen molar-refractivity contribution in [1.29, 1.82) is 0 Å². The predicted molar refractivity (Wildman–Crippen MR) is 79.3 cm³/mol. The maximum atomic E-state index is 10.7. The van der Waals surface area contributed by atoms with Crippen molar-refractivity contribution >= 4 is 23.1 Å². The van der Waals surface area contributed by atoms with E-state index in [0.717, 1.165) is 6.42 Å². The summed E-state index contributed by atoms with van der Waals surface area (Å²) in [5, 5.41) is 13.9. The van der Waals surface area contributed by atoms with Crippen molar-refractivity contribution in [2.75, 3.05) is 11.9 Å². The van der Waals surface area contributed by atoms with E-state index in [2.05, 4.69) is 29.4 Å². The van der Waals surface area contributed by atoms with Crippen molar-refractivity contribution in [3.05, 3.63) is 62.8 Å². The third kappa shape index (κ3) is 3.68. The third-order valence-corrected chi connectivity index (χ3v) is 3.15. The van der Waals surface area contributed by atoms with E-state index in [0.29, 0.717) is 12.4 Å². The molecule has 1 aromatic heterocycles. The molecule has 0 atom stereocenters. The van der Waals surface area contributed by atoms with E-state index in [9.17, 15) is 10.1 Å². The molecule has 1 N–H and O–H groups in total. The van der Waals surface area contributed by atoms with E-state index in [1.165, 1.54) is 23.3 Å². The second-order valence-electron chi connectivity index (χ2n) is 4.39. The van der Waals surface area contributed by atoms with Gasteiger partial charge in [-0.1, -0.05) is 35.9 Å². The Balaban J connectivity index is 2.01. The average Bonchev–Trinajstić information content (AvgIpc) is 2.40. The molecule has 0 fully saturated rings. The normalized spacial score (nSPS) is 10.3. The summed E-state index contributed by atoms with van der Waals surface area (Å²) in [7, 11) is 0. The van der Waals surface area contributed by atoms with Gasteiger partial charge in [0, 0.05) is 6.54 Å². The minimum atomic E-state index is -0.486. The lowest BCUT2D eigenvalue weighted by Crippen LogP contribution is -2.07. The van der Waals surface area contributed by atoms with Crippen LogP contribution < -0.4 is 5.32 Å². The van der Waals surface area contributed by atoms with Crippen LogP contribution in [-0.4, -0.2) is 16.5 Å². The third-order valence-electron chi connectivity index (χ3n) is 2.95. The Hall–Kier alpha value is -2.14. The van der Waals surface area contributed by atoms with E-state index < -0.39 is 4.92 Å². The van der Waals surface area contributed by atoms with Crippen LogP contribution in [0.3, 0.4) is 0 Å². The first-order chi connectivity index (χ1) is 9.56. The molecular formula is C14H14ClN3O2. The van der Waals surface area contributed by atoms with E-state index in [4.69, 9.17) is 11.6 Å².